The number of aryl methyl sites for hydroxylation is 1. The highest BCUT2D eigenvalue weighted by molar-refractivity contribution is 7.89. The topological polar surface area (TPSA) is 57.5 Å². The molecule has 18 heavy (non-hydrogen) atoms. The molecule has 0 spiro atoms. The Morgan fingerprint density at radius 3 is 2.33 bits per heavy atom. The Bertz CT molecular complexity index is 563. The van der Waals surface area contributed by atoms with Crippen molar-refractivity contribution in [3.63, 3.8) is 0 Å². The summed E-state index contributed by atoms with van der Waals surface area (Å²) in [4.78, 5) is 13.3. The zero-order valence-electron chi connectivity index (χ0n) is 10.6. The van der Waals surface area contributed by atoms with Crippen molar-refractivity contribution >= 4 is 15.9 Å². The molecule has 0 aromatic heterocycles. The fourth-order valence-electron chi connectivity index (χ4n) is 1.73. The number of sulfonamides is 1. The van der Waals surface area contributed by atoms with E-state index >= 15 is 0 Å². The Labute approximate surface area is 107 Å². The molecule has 1 fully saturated rings. The van der Waals surface area contributed by atoms with Crippen LogP contribution in [0.4, 0.5) is 0 Å². The van der Waals surface area contributed by atoms with Gasteiger partial charge in [0.25, 0.3) is 0 Å². The molecular weight excluding hydrogens is 252 g/mol. The van der Waals surface area contributed by atoms with Crippen LogP contribution in [0.1, 0.15) is 5.56 Å². The number of likely N-dealkylation sites (N-methyl/N-ethyl adjacent to an activating group) is 1. The normalized spacial score (nSPS) is 22.6. The fraction of sp³-hybridized carbons (Fsp3) is 0.417. The molecule has 1 aromatic rings. The Balaban J connectivity index is 2.20. The summed E-state index contributed by atoms with van der Waals surface area (Å²) in [7, 11) is -0.280. The van der Waals surface area contributed by atoms with Gasteiger partial charge in [-0.2, -0.15) is 4.31 Å². The predicted octanol–water partition coefficient (Wildman–Crippen LogP) is 0.456. The van der Waals surface area contributed by atoms with Crippen molar-refractivity contribution < 1.29 is 13.2 Å². The Morgan fingerprint density at radius 2 is 1.83 bits per heavy atom. The maximum atomic E-state index is 12.2. The second kappa shape index (κ2) is 4.37. The third kappa shape index (κ3) is 2.26. The summed E-state index contributed by atoms with van der Waals surface area (Å²) in [6.45, 7) is 2.17. The number of carbonyl (C=O) groups is 1. The minimum Gasteiger partial charge on any atom is -0.347 e. The lowest BCUT2D eigenvalue weighted by molar-refractivity contribution is -0.128. The van der Waals surface area contributed by atoms with Crippen molar-refractivity contribution in [1.29, 1.82) is 0 Å². The van der Waals surface area contributed by atoms with Crippen LogP contribution < -0.4 is 0 Å². The second-order valence-corrected chi connectivity index (χ2v) is 6.53. The first-order chi connectivity index (χ1) is 8.34. The van der Waals surface area contributed by atoms with Gasteiger partial charge < -0.3 is 4.90 Å². The van der Waals surface area contributed by atoms with E-state index in [0.717, 1.165) is 5.56 Å². The molecule has 0 radical (unpaired) electrons. The molecule has 0 bridgehead atoms. The Morgan fingerprint density at radius 1 is 1.28 bits per heavy atom. The first-order valence-corrected chi connectivity index (χ1v) is 7.07. The van der Waals surface area contributed by atoms with E-state index in [1.54, 1.807) is 38.4 Å². The highest BCUT2D eigenvalue weighted by atomic mass is 32.2. The van der Waals surface area contributed by atoms with Gasteiger partial charge in [0.05, 0.1) is 4.90 Å². The van der Waals surface area contributed by atoms with Gasteiger partial charge in [-0.3, -0.25) is 4.79 Å². The minimum atomic E-state index is -3.52. The van der Waals surface area contributed by atoms with E-state index in [1.165, 1.54) is 9.21 Å². The van der Waals surface area contributed by atoms with Crippen LogP contribution >= 0.6 is 0 Å². The van der Waals surface area contributed by atoms with Gasteiger partial charge in [-0.25, -0.2) is 8.42 Å². The van der Waals surface area contributed by atoms with E-state index in [1.807, 2.05) is 6.92 Å². The van der Waals surface area contributed by atoms with E-state index in [0.29, 0.717) is 0 Å². The molecular formula is C12H16N2O3S. The van der Waals surface area contributed by atoms with Crippen molar-refractivity contribution in [2.45, 2.75) is 17.9 Å². The Hall–Kier alpha value is -1.40. The number of hydrogen-bond donors (Lipinski definition) is 0. The molecule has 5 nitrogen and oxygen atoms in total. The molecule has 0 saturated carbocycles. The standard InChI is InChI=1S/C12H16N2O3S/c1-9-4-6-10(7-5-9)18(16,17)14-8-11(14)12(15)13(2)3/h4-7,11H,8H2,1-3H3. The van der Waals surface area contributed by atoms with E-state index in [2.05, 4.69) is 0 Å². The van der Waals surface area contributed by atoms with Crippen LogP contribution in [0.5, 0.6) is 0 Å². The molecule has 2 unspecified atom stereocenters. The molecule has 98 valence electrons. The molecule has 0 N–H and O–H groups in total. The van der Waals surface area contributed by atoms with E-state index in [4.69, 9.17) is 0 Å². The van der Waals surface area contributed by atoms with Gasteiger partial charge in [-0.15, -0.1) is 0 Å². The molecule has 2 rings (SSSR count). The van der Waals surface area contributed by atoms with Crippen molar-refractivity contribution in [3.8, 4) is 0 Å². The second-order valence-electron chi connectivity index (χ2n) is 4.64. The summed E-state index contributed by atoms with van der Waals surface area (Å²) < 4.78 is 25.6. The molecule has 1 aliphatic rings. The molecule has 2 atom stereocenters. The van der Waals surface area contributed by atoms with Gasteiger partial charge in [-0.05, 0) is 19.1 Å². The van der Waals surface area contributed by atoms with Crippen LogP contribution in [0, 0.1) is 6.92 Å². The summed E-state index contributed by atoms with van der Waals surface area (Å²) in [6.07, 6.45) is 0. The Kier molecular flexibility index (Phi) is 3.16. The molecule has 0 aliphatic carbocycles. The summed E-state index contributed by atoms with van der Waals surface area (Å²) in [5.74, 6) is -0.175. The average molecular weight is 268 g/mol. The van der Waals surface area contributed by atoms with E-state index in [9.17, 15) is 13.2 Å². The highest BCUT2D eigenvalue weighted by Gasteiger charge is 2.49. The molecule has 1 saturated heterocycles. The highest BCUT2D eigenvalue weighted by Crippen LogP contribution is 2.29. The monoisotopic (exact) mass is 268 g/mol. The van der Waals surface area contributed by atoms with Gasteiger partial charge in [0.1, 0.15) is 6.04 Å². The van der Waals surface area contributed by atoms with Crippen LogP contribution in [-0.2, 0) is 14.8 Å². The van der Waals surface area contributed by atoms with Crippen LogP contribution in [0.3, 0.4) is 0 Å². The van der Waals surface area contributed by atoms with Crippen LogP contribution in [-0.4, -0.2) is 50.2 Å². The summed E-state index contributed by atoms with van der Waals surface area (Å²) in [6, 6.07) is 6.10. The van der Waals surface area contributed by atoms with Crippen molar-refractivity contribution in [1.82, 2.24) is 9.21 Å². The maximum absolute atomic E-state index is 12.2. The lowest BCUT2D eigenvalue weighted by atomic mass is 10.2. The SMILES string of the molecule is Cc1ccc(S(=O)(=O)N2CC2C(=O)N(C)C)cc1. The molecule has 1 heterocycles. The first-order valence-electron chi connectivity index (χ1n) is 5.63. The number of rotatable bonds is 3. The fourth-order valence-corrected chi connectivity index (χ4v) is 3.25. The first kappa shape index (κ1) is 13.0. The van der Waals surface area contributed by atoms with Crippen LogP contribution in [0.15, 0.2) is 29.2 Å². The maximum Gasteiger partial charge on any atom is 0.243 e. The minimum absolute atomic E-state index is 0.175. The zero-order chi connectivity index (χ0) is 13.5. The largest absolute Gasteiger partial charge is 0.347 e. The zero-order valence-corrected chi connectivity index (χ0v) is 11.4. The van der Waals surface area contributed by atoms with Gasteiger partial charge in [0.15, 0.2) is 0 Å². The van der Waals surface area contributed by atoms with Crippen molar-refractivity contribution in [2.24, 2.45) is 0 Å². The number of benzene rings is 1. The van der Waals surface area contributed by atoms with Gasteiger partial charge in [0.2, 0.25) is 15.9 Å². The summed E-state index contributed by atoms with van der Waals surface area (Å²) in [5, 5.41) is 0. The third-order valence-electron chi connectivity index (χ3n) is 2.92. The molecule has 6 heteroatoms. The number of amides is 1. The molecule has 1 amide bonds. The quantitative estimate of drug-likeness (QED) is 0.748. The molecule has 1 aliphatic heterocycles. The van der Waals surface area contributed by atoms with Crippen LogP contribution in [0.2, 0.25) is 0 Å². The number of hydrogen-bond acceptors (Lipinski definition) is 3. The average Bonchev–Trinajstić information content (AvgIpc) is 3.08. The number of carbonyl (C=O) groups excluding carboxylic acids is 1. The number of nitrogens with zero attached hydrogens (tertiary/aromatic N) is 2. The van der Waals surface area contributed by atoms with Crippen molar-refractivity contribution in [3.05, 3.63) is 29.8 Å². The van der Waals surface area contributed by atoms with Gasteiger partial charge in [-0.1, -0.05) is 17.7 Å². The molecule has 1 aromatic carbocycles. The van der Waals surface area contributed by atoms with Crippen molar-refractivity contribution in [2.75, 3.05) is 20.6 Å². The summed E-state index contributed by atoms with van der Waals surface area (Å²) in [5.41, 5.74) is 1.00. The lowest BCUT2D eigenvalue weighted by Crippen LogP contribution is -2.30. The smallest absolute Gasteiger partial charge is 0.243 e. The lowest BCUT2D eigenvalue weighted by Gasteiger charge is -2.10. The summed E-state index contributed by atoms with van der Waals surface area (Å²) >= 11 is 0. The predicted molar refractivity (Wildman–Crippen MR) is 67.6 cm³/mol. The van der Waals surface area contributed by atoms with E-state index in [-0.39, 0.29) is 17.3 Å². The van der Waals surface area contributed by atoms with Gasteiger partial charge >= 0.3 is 0 Å². The van der Waals surface area contributed by atoms with Gasteiger partial charge in [0, 0.05) is 20.6 Å². The van der Waals surface area contributed by atoms with Crippen LogP contribution in [0.25, 0.3) is 0 Å². The van der Waals surface area contributed by atoms with E-state index < -0.39 is 16.1 Å². The third-order valence-corrected chi connectivity index (χ3v) is 4.81.